The molecule has 5 heteroatoms. The Labute approximate surface area is 115 Å². The van der Waals surface area contributed by atoms with Crippen LogP contribution in [0, 0.1) is 5.82 Å². The lowest BCUT2D eigenvalue weighted by Gasteiger charge is -2.09. The predicted molar refractivity (Wildman–Crippen MR) is 73.6 cm³/mol. The fraction of sp³-hybridized carbons (Fsp3) is 0.200. The fourth-order valence-corrected chi connectivity index (χ4v) is 2.36. The third-order valence-electron chi connectivity index (χ3n) is 3.32. The molecule has 0 bridgehead atoms. The molecule has 0 saturated carbocycles. The molecule has 1 atom stereocenters. The summed E-state index contributed by atoms with van der Waals surface area (Å²) in [5.41, 5.74) is 1.78. The largest absolute Gasteiger partial charge is 0.386 e. The van der Waals surface area contributed by atoms with Crippen LogP contribution in [0.3, 0.4) is 0 Å². The van der Waals surface area contributed by atoms with Crippen molar-refractivity contribution >= 4 is 10.9 Å². The van der Waals surface area contributed by atoms with Crippen molar-refractivity contribution in [3.63, 3.8) is 0 Å². The molecule has 0 radical (unpaired) electrons. The standard InChI is InChI=1S/C15H14FN3O/c1-19-13-7-3-2-5-10(13)12(18-19)9-14(20)15-11(16)6-4-8-17-15/h2-8,14,20H,9H2,1H3. The molecule has 3 rings (SSSR count). The summed E-state index contributed by atoms with van der Waals surface area (Å²) in [7, 11) is 1.85. The van der Waals surface area contributed by atoms with Gasteiger partial charge in [0.25, 0.3) is 0 Å². The number of halogens is 1. The average Bonchev–Trinajstić information content (AvgIpc) is 2.76. The first kappa shape index (κ1) is 12.7. The van der Waals surface area contributed by atoms with E-state index < -0.39 is 11.9 Å². The molecule has 20 heavy (non-hydrogen) atoms. The highest BCUT2D eigenvalue weighted by Gasteiger charge is 2.18. The molecule has 0 aliphatic carbocycles. The number of fused-ring (bicyclic) bond motifs is 1. The zero-order chi connectivity index (χ0) is 14.1. The number of aromatic nitrogens is 3. The second-order valence-corrected chi connectivity index (χ2v) is 4.68. The van der Waals surface area contributed by atoms with Crippen molar-refractivity contribution < 1.29 is 9.50 Å². The number of hydrogen-bond acceptors (Lipinski definition) is 3. The third-order valence-corrected chi connectivity index (χ3v) is 3.32. The van der Waals surface area contributed by atoms with Gasteiger partial charge in [0, 0.05) is 25.1 Å². The van der Waals surface area contributed by atoms with Gasteiger partial charge in [-0.25, -0.2) is 4.39 Å². The van der Waals surface area contributed by atoms with Crippen molar-refractivity contribution in [2.45, 2.75) is 12.5 Å². The Morgan fingerprint density at radius 3 is 2.85 bits per heavy atom. The molecule has 4 nitrogen and oxygen atoms in total. The fourth-order valence-electron chi connectivity index (χ4n) is 2.36. The second kappa shape index (κ2) is 5.02. The average molecular weight is 271 g/mol. The molecule has 2 heterocycles. The lowest BCUT2D eigenvalue weighted by molar-refractivity contribution is 0.167. The topological polar surface area (TPSA) is 50.9 Å². The lowest BCUT2D eigenvalue weighted by Crippen LogP contribution is -2.07. The Bertz CT molecular complexity index is 754. The lowest BCUT2D eigenvalue weighted by atomic mass is 10.1. The summed E-state index contributed by atoms with van der Waals surface area (Å²) in [6.07, 6.45) is 0.697. The summed E-state index contributed by atoms with van der Waals surface area (Å²) in [6, 6.07) is 10.5. The maximum atomic E-state index is 13.6. The maximum Gasteiger partial charge on any atom is 0.147 e. The molecule has 0 aliphatic heterocycles. The first-order chi connectivity index (χ1) is 9.66. The van der Waals surface area contributed by atoms with Crippen LogP contribution >= 0.6 is 0 Å². The quantitative estimate of drug-likeness (QED) is 0.795. The number of pyridine rings is 1. The summed E-state index contributed by atoms with van der Waals surface area (Å²) >= 11 is 0. The Morgan fingerprint density at radius 1 is 1.25 bits per heavy atom. The van der Waals surface area contributed by atoms with Gasteiger partial charge >= 0.3 is 0 Å². The molecule has 0 spiro atoms. The summed E-state index contributed by atoms with van der Waals surface area (Å²) in [5.74, 6) is -0.500. The Balaban J connectivity index is 1.96. The molecule has 3 aromatic rings. The van der Waals surface area contributed by atoms with Gasteiger partial charge in [-0.15, -0.1) is 0 Å². The van der Waals surface area contributed by atoms with Gasteiger partial charge in [0.2, 0.25) is 0 Å². The molecule has 102 valence electrons. The minimum atomic E-state index is -1.01. The third kappa shape index (κ3) is 2.16. The van der Waals surface area contributed by atoms with Crippen LogP contribution in [0.1, 0.15) is 17.5 Å². The van der Waals surface area contributed by atoms with E-state index in [0.29, 0.717) is 0 Å². The van der Waals surface area contributed by atoms with Crippen LogP contribution in [0.15, 0.2) is 42.6 Å². The van der Waals surface area contributed by atoms with E-state index in [4.69, 9.17) is 0 Å². The van der Waals surface area contributed by atoms with E-state index in [2.05, 4.69) is 10.1 Å². The molecule has 0 saturated heterocycles. The van der Waals surface area contributed by atoms with Crippen LogP contribution in [0.5, 0.6) is 0 Å². The van der Waals surface area contributed by atoms with E-state index in [0.717, 1.165) is 16.6 Å². The van der Waals surface area contributed by atoms with Gasteiger partial charge < -0.3 is 5.11 Å². The zero-order valence-corrected chi connectivity index (χ0v) is 11.0. The highest BCUT2D eigenvalue weighted by molar-refractivity contribution is 5.81. The predicted octanol–water partition coefficient (Wildman–Crippen LogP) is 2.38. The highest BCUT2D eigenvalue weighted by atomic mass is 19.1. The number of hydrogen-bond donors (Lipinski definition) is 1. The first-order valence-corrected chi connectivity index (χ1v) is 6.36. The Morgan fingerprint density at radius 2 is 2.05 bits per heavy atom. The van der Waals surface area contributed by atoms with E-state index in [1.54, 1.807) is 4.68 Å². The molecule has 0 fully saturated rings. The number of para-hydroxylation sites is 1. The van der Waals surface area contributed by atoms with E-state index in [9.17, 15) is 9.50 Å². The van der Waals surface area contributed by atoms with Gasteiger partial charge in [0.15, 0.2) is 0 Å². The van der Waals surface area contributed by atoms with E-state index >= 15 is 0 Å². The summed E-state index contributed by atoms with van der Waals surface area (Å²) in [5, 5.41) is 15.5. The number of aryl methyl sites for hydroxylation is 1. The minimum Gasteiger partial charge on any atom is -0.386 e. The van der Waals surface area contributed by atoms with Crippen LogP contribution in [0.25, 0.3) is 10.9 Å². The first-order valence-electron chi connectivity index (χ1n) is 6.36. The monoisotopic (exact) mass is 271 g/mol. The number of nitrogens with zero attached hydrogens (tertiary/aromatic N) is 3. The Kier molecular flexibility index (Phi) is 3.20. The van der Waals surface area contributed by atoms with Crippen LogP contribution in [-0.2, 0) is 13.5 Å². The molecule has 0 aliphatic rings. The number of benzene rings is 1. The van der Waals surface area contributed by atoms with Crippen LogP contribution in [0.4, 0.5) is 4.39 Å². The highest BCUT2D eigenvalue weighted by Crippen LogP contribution is 2.23. The van der Waals surface area contributed by atoms with Gasteiger partial charge in [0.05, 0.1) is 11.2 Å². The smallest absolute Gasteiger partial charge is 0.147 e. The maximum absolute atomic E-state index is 13.6. The summed E-state index contributed by atoms with van der Waals surface area (Å²) in [6.45, 7) is 0. The van der Waals surface area contributed by atoms with Gasteiger partial charge in [-0.05, 0) is 18.2 Å². The van der Waals surface area contributed by atoms with Crippen molar-refractivity contribution in [3.8, 4) is 0 Å². The van der Waals surface area contributed by atoms with Crippen LogP contribution in [0.2, 0.25) is 0 Å². The van der Waals surface area contributed by atoms with Crippen molar-refractivity contribution in [3.05, 3.63) is 59.8 Å². The number of aliphatic hydroxyl groups excluding tert-OH is 1. The van der Waals surface area contributed by atoms with E-state index in [1.165, 1.54) is 18.3 Å². The van der Waals surface area contributed by atoms with Gasteiger partial charge in [0.1, 0.15) is 17.6 Å². The second-order valence-electron chi connectivity index (χ2n) is 4.68. The van der Waals surface area contributed by atoms with Gasteiger partial charge in [-0.1, -0.05) is 18.2 Å². The SMILES string of the molecule is Cn1nc(CC(O)c2ncccc2F)c2ccccc21. The molecule has 1 aromatic carbocycles. The summed E-state index contributed by atoms with van der Waals surface area (Å²) < 4.78 is 15.4. The number of aliphatic hydroxyl groups is 1. The van der Waals surface area contributed by atoms with Crippen molar-refractivity contribution in [1.29, 1.82) is 0 Å². The number of rotatable bonds is 3. The normalized spacial score (nSPS) is 12.8. The molecular formula is C15H14FN3O. The van der Waals surface area contributed by atoms with Gasteiger partial charge in [-0.3, -0.25) is 9.67 Å². The van der Waals surface area contributed by atoms with Crippen LogP contribution in [-0.4, -0.2) is 19.9 Å². The minimum absolute atomic E-state index is 0.0576. The Hall–Kier alpha value is -2.27. The van der Waals surface area contributed by atoms with Crippen molar-refractivity contribution in [2.24, 2.45) is 7.05 Å². The van der Waals surface area contributed by atoms with Crippen LogP contribution < -0.4 is 0 Å². The van der Waals surface area contributed by atoms with E-state index in [1.807, 2.05) is 31.3 Å². The van der Waals surface area contributed by atoms with Crippen molar-refractivity contribution in [1.82, 2.24) is 14.8 Å². The molecule has 2 aromatic heterocycles. The molecule has 1 N–H and O–H groups in total. The molecular weight excluding hydrogens is 257 g/mol. The van der Waals surface area contributed by atoms with Gasteiger partial charge in [-0.2, -0.15) is 5.10 Å². The summed E-state index contributed by atoms with van der Waals surface area (Å²) in [4.78, 5) is 3.90. The molecule has 1 unspecified atom stereocenters. The zero-order valence-electron chi connectivity index (χ0n) is 11.0. The van der Waals surface area contributed by atoms with Crippen molar-refractivity contribution in [2.75, 3.05) is 0 Å². The molecule has 0 amide bonds. The van der Waals surface area contributed by atoms with E-state index in [-0.39, 0.29) is 12.1 Å².